The number of carbonyl (C=O) groups excluding carboxylic acids is 4. The molecule has 2 aromatic rings. The van der Waals surface area contributed by atoms with Crippen molar-refractivity contribution in [1.29, 1.82) is 0 Å². The van der Waals surface area contributed by atoms with Gasteiger partial charge in [-0.25, -0.2) is 0 Å². The van der Waals surface area contributed by atoms with Crippen LogP contribution < -0.4 is 10.6 Å². The highest BCUT2D eigenvalue weighted by Gasteiger charge is 2.37. The lowest BCUT2D eigenvalue weighted by atomic mass is 9.86. The van der Waals surface area contributed by atoms with E-state index in [2.05, 4.69) is 25.3 Å². The molecular formula is C36H50N6O4. The van der Waals surface area contributed by atoms with E-state index < -0.39 is 0 Å². The molecule has 4 aliphatic heterocycles. The summed E-state index contributed by atoms with van der Waals surface area (Å²) in [5.41, 5.74) is 2.01. The minimum atomic E-state index is -0.359. The summed E-state index contributed by atoms with van der Waals surface area (Å²) in [7, 11) is 0. The molecule has 2 N–H and O–H groups in total. The summed E-state index contributed by atoms with van der Waals surface area (Å²) in [6.45, 7) is 12.3. The number of ketones is 1. The summed E-state index contributed by atoms with van der Waals surface area (Å²) in [5.74, 6) is -1.22. The SMILES string of the molecule is CC(=O)c1cc(NCCCN2CCCC2)c2c3c(ccc(C(=O)NCCCN4CCCC4)c13)C(=O)N(CCCN1CCCC1)C2=O. The number of hydrogen-bond donors (Lipinski definition) is 2. The zero-order valence-electron chi connectivity index (χ0n) is 27.5. The molecule has 0 spiro atoms. The number of Topliss-reactive ketones (excluding diaryl/α,β-unsaturated/α-hetero) is 1. The fourth-order valence-electron chi connectivity index (χ4n) is 7.74. The van der Waals surface area contributed by atoms with E-state index in [1.165, 1.54) is 50.3 Å². The number of nitrogens with zero attached hydrogens (tertiary/aromatic N) is 4. The highest BCUT2D eigenvalue weighted by Crippen LogP contribution is 2.39. The van der Waals surface area contributed by atoms with Crippen LogP contribution in [0.25, 0.3) is 10.8 Å². The first-order chi connectivity index (χ1) is 22.4. The van der Waals surface area contributed by atoms with E-state index in [0.29, 0.717) is 64.8 Å². The molecule has 0 radical (unpaired) electrons. The van der Waals surface area contributed by atoms with Gasteiger partial charge in [-0.1, -0.05) is 0 Å². The van der Waals surface area contributed by atoms with Crippen LogP contribution in [0.2, 0.25) is 0 Å². The molecule has 3 saturated heterocycles. The molecule has 4 heterocycles. The first-order valence-corrected chi connectivity index (χ1v) is 17.6. The van der Waals surface area contributed by atoms with Crippen LogP contribution in [0, 0.1) is 0 Å². The average Bonchev–Trinajstić information content (AvgIpc) is 3.86. The zero-order chi connectivity index (χ0) is 32.0. The van der Waals surface area contributed by atoms with Gasteiger partial charge in [0.15, 0.2) is 5.78 Å². The number of rotatable bonds is 15. The van der Waals surface area contributed by atoms with Gasteiger partial charge in [0.25, 0.3) is 17.7 Å². The number of benzene rings is 2. The Morgan fingerprint density at radius 2 is 1.24 bits per heavy atom. The van der Waals surface area contributed by atoms with Crippen molar-refractivity contribution in [2.24, 2.45) is 0 Å². The van der Waals surface area contributed by atoms with Gasteiger partial charge in [0.05, 0.1) is 5.56 Å². The van der Waals surface area contributed by atoms with Crippen LogP contribution in [0.3, 0.4) is 0 Å². The van der Waals surface area contributed by atoms with Gasteiger partial charge in [0, 0.05) is 52.8 Å². The monoisotopic (exact) mass is 630 g/mol. The topological polar surface area (TPSA) is 105 Å². The molecule has 3 fully saturated rings. The van der Waals surface area contributed by atoms with Crippen molar-refractivity contribution in [3.8, 4) is 0 Å². The maximum atomic E-state index is 14.3. The predicted octanol–water partition coefficient (Wildman–Crippen LogP) is 4.24. The van der Waals surface area contributed by atoms with E-state index in [1.807, 2.05) is 0 Å². The Bertz CT molecular complexity index is 1460. The first-order valence-electron chi connectivity index (χ1n) is 17.6. The van der Waals surface area contributed by atoms with Crippen LogP contribution in [0.15, 0.2) is 18.2 Å². The van der Waals surface area contributed by atoms with Gasteiger partial charge < -0.3 is 25.3 Å². The number of hydrogen-bond acceptors (Lipinski definition) is 8. The second-order valence-corrected chi connectivity index (χ2v) is 13.5. The summed E-state index contributed by atoms with van der Waals surface area (Å²) >= 11 is 0. The van der Waals surface area contributed by atoms with Gasteiger partial charge in [-0.2, -0.15) is 0 Å². The summed E-state index contributed by atoms with van der Waals surface area (Å²) in [4.78, 5) is 63.6. The van der Waals surface area contributed by atoms with Crippen LogP contribution in [0.5, 0.6) is 0 Å². The lowest BCUT2D eigenvalue weighted by molar-refractivity contribution is 0.0604. The van der Waals surface area contributed by atoms with Crippen LogP contribution >= 0.6 is 0 Å². The minimum absolute atomic E-state index is 0.208. The van der Waals surface area contributed by atoms with Crippen LogP contribution in [0.1, 0.15) is 106 Å². The van der Waals surface area contributed by atoms with Crippen molar-refractivity contribution in [2.75, 3.05) is 83.9 Å². The molecule has 0 saturated carbocycles. The first kappa shape index (κ1) is 32.6. The molecule has 10 heteroatoms. The average molecular weight is 631 g/mol. The molecule has 0 unspecified atom stereocenters. The quantitative estimate of drug-likeness (QED) is 0.171. The number of likely N-dealkylation sites (tertiary alicyclic amines) is 3. The summed E-state index contributed by atoms with van der Waals surface area (Å²) in [6, 6.07) is 5.07. The molecule has 4 aliphatic rings. The third kappa shape index (κ3) is 7.14. The molecular weight excluding hydrogens is 580 g/mol. The van der Waals surface area contributed by atoms with Gasteiger partial charge >= 0.3 is 0 Å². The standard InChI is InChI=1S/C36H50N6O4/c1-26(43)29-25-30(37-13-8-21-39-15-2-3-16-39)33-32-28(35(45)42(36(33)46)24-10-23-41-19-6-7-20-41)12-11-27(31(29)32)34(44)38-14-9-22-40-17-4-5-18-40/h11-12,25,37H,2-10,13-24H2,1H3,(H,38,44). The maximum absolute atomic E-state index is 14.3. The molecule has 3 amide bonds. The van der Waals surface area contributed by atoms with Crippen molar-refractivity contribution in [1.82, 2.24) is 24.9 Å². The van der Waals surface area contributed by atoms with Crippen LogP contribution in [-0.4, -0.2) is 122 Å². The molecule has 2 aromatic carbocycles. The van der Waals surface area contributed by atoms with E-state index >= 15 is 0 Å². The molecule has 10 nitrogen and oxygen atoms in total. The number of anilines is 1. The predicted molar refractivity (Wildman–Crippen MR) is 181 cm³/mol. The molecule has 0 bridgehead atoms. The van der Waals surface area contributed by atoms with Crippen molar-refractivity contribution in [3.05, 3.63) is 40.5 Å². The minimum Gasteiger partial charge on any atom is -0.384 e. The van der Waals surface area contributed by atoms with Gasteiger partial charge in [-0.05, 0) is 142 Å². The van der Waals surface area contributed by atoms with Crippen LogP contribution in [0.4, 0.5) is 5.69 Å². The van der Waals surface area contributed by atoms with Gasteiger partial charge in [-0.3, -0.25) is 24.1 Å². The second-order valence-electron chi connectivity index (χ2n) is 13.5. The normalized spacial score (nSPS) is 19.1. The number of imide groups is 1. The second kappa shape index (κ2) is 15.0. The zero-order valence-corrected chi connectivity index (χ0v) is 27.5. The molecule has 0 atom stereocenters. The summed E-state index contributed by atoms with van der Waals surface area (Å²) < 4.78 is 0. The third-order valence-corrected chi connectivity index (χ3v) is 10.2. The van der Waals surface area contributed by atoms with Gasteiger partial charge in [0.2, 0.25) is 0 Å². The third-order valence-electron chi connectivity index (χ3n) is 10.2. The van der Waals surface area contributed by atoms with E-state index in [-0.39, 0.29) is 23.5 Å². The van der Waals surface area contributed by atoms with Crippen LogP contribution in [-0.2, 0) is 0 Å². The smallest absolute Gasteiger partial charge is 0.263 e. The number of carbonyl (C=O) groups is 4. The van der Waals surface area contributed by atoms with Crippen molar-refractivity contribution in [3.63, 3.8) is 0 Å². The Kier molecular flexibility index (Phi) is 10.7. The maximum Gasteiger partial charge on any atom is 0.263 e. The fraction of sp³-hybridized carbons (Fsp3) is 0.611. The molecule has 0 aromatic heterocycles. The van der Waals surface area contributed by atoms with Crippen molar-refractivity contribution in [2.45, 2.75) is 64.7 Å². The van der Waals surface area contributed by atoms with E-state index in [4.69, 9.17) is 0 Å². The van der Waals surface area contributed by atoms with E-state index in [1.54, 1.807) is 18.2 Å². The molecule has 248 valence electrons. The highest BCUT2D eigenvalue weighted by molar-refractivity contribution is 6.32. The molecule has 0 aliphatic carbocycles. The largest absolute Gasteiger partial charge is 0.384 e. The molecule has 6 rings (SSSR count). The lowest BCUT2D eigenvalue weighted by Gasteiger charge is -2.30. The van der Waals surface area contributed by atoms with Gasteiger partial charge in [0.1, 0.15) is 0 Å². The molecule has 46 heavy (non-hydrogen) atoms. The highest BCUT2D eigenvalue weighted by atomic mass is 16.2. The van der Waals surface area contributed by atoms with Crippen molar-refractivity contribution >= 4 is 40.0 Å². The Morgan fingerprint density at radius 3 is 1.83 bits per heavy atom. The van der Waals surface area contributed by atoms with Crippen molar-refractivity contribution < 1.29 is 19.2 Å². The Balaban J connectivity index is 1.30. The Morgan fingerprint density at radius 1 is 0.674 bits per heavy atom. The Labute approximate surface area is 272 Å². The Hall–Kier alpha value is -3.34. The lowest BCUT2D eigenvalue weighted by Crippen LogP contribution is -2.42. The van der Waals surface area contributed by atoms with Gasteiger partial charge in [-0.15, -0.1) is 0 Å². The number of amides is 3. The fourth-order valence-corrected chi connectivity index (χ4v) is 7.74. The summed E-state index contributed by atoms with van der Waals surface area (Å²) in [6.07, 6.45) is 9.74. The summed E-state index contributed by atoms with van der Waals surface area (Å²) in [5, 5.41) is 7.34. The van der Waals surface area contributed by atoms with E-state index in [0.717, 1.165) is 71.7 Å². The van der Waals surface area contributed by atoms with E-state index in [9.17, 15) is 19.2 Å². The number of nitrogens with one attached hydrogen (secondary N) is 2.